The van der Waals surface area contributed by atoms with Crippen LogP contribution in [0.25, 0.3) is 0 Å². The van der Waals surface area contributed by atoms with Gasteiger partial charge in [0.05, 0.1) is 12.3 Å². The molecule has 3 aromatic rings. The van der Waals surface area contributed by atoms with Crippen LogP contribution in [0.15, 0.2) is 78.9 Å². The first-order valence-electron chi connectivity index (χ1n) is 9.18. The van der Waals surface area contributed by atoms with Gasteiger partial charge in [0, 0.05) is 5.56 Å². The number of para-hydroxylation sites is 3. The minimum atomic E-state index is -0.460. The van der Waals surface area contributed by atoms with Gasteiger partial charge in [0.25, 0.3) is 0 Å². The van der Waals surface area contributed by atoms with Gasteiger partial charge in [0.1, 0.15) is 17.2 Å². The molecule has 0 spiro atoms. The number of rotatable bonds is 8. The highest BCUT2D eigenvalue weighted by molar-refractivity contribution is 5.93. The molecule has 2 amide bonds. The maximum absolute atomic E-state index is 11.0. The minimum absolute atomic E-state index is 0.438. The summed E-state index contributed by atoms with van der Waals surface area (Å²) in [6, 6.07) is 23.5. The molecule has 29 heavy (non-hydrogen) atoms. The van der Waals surface area contributed by atoms with Crippen LogP contribution in [0, 0.1) is 0 Å². The summed E-state index contributed by atoms with van der Waals surface area (Å²) in [4.78, 5) is 21.2. The normalized spacial score (nSPS) is 9.55. The molecule has 6 nitrogen and oxygen atoms in total. The molecule has 3 N–H and O–H groups in total. The molecule has 0 fully saturated rings. The van der Waals surface area contributed by atoms with Crippen molar-refractivity contribution in [1.82, 2.24) is 0 Å². The molecular formula is C23H24N2O4. The van der Waals surface area contributed by atoms with Crippen molar-refractivity contribution in [3.63, 3.8) is 0 Å². The molecule has 0 aliphatic rings. The van der Waals surface area contributed by atoms with Crippen molar-refractivity contribution in [1.29, 1.82) is 0 Å². The maximum atomic E-state index is 11.0. The van der Waals surface area contributed by atoms with Gasteiger partial charge in [-0.15, -0.1) is 0 Å². The fourth-order valence-electron chi connectivity index (χ4n) is 2.32. The molecular weight excluding hydrogens is 368 g/mol. The summed E-state index contributed by atoms with van der Waals surface area (Å²) in [5.41, 5.74) is 6.33. The minimum Gasteiger partial charge on any atom is -0.491 e. The van der Waals surface area contributed by atoms with Gasteiger partial charge in [-0.1, -0.05) is 43.3 Å². The standard InChI is InChI=1S/C13H11NO2.C10H13NO2/c14-13(15)10-5-4-8-12(9-10)16-11-6-2-1-3-7-11;1-2-7-13-10-6-4-3-5-9(10)11-8-12/h1-9H,(H2,14,15);3-6,8H,2,7H2,1H3,(H,11,12). The fraction of sp³-hybridized carbons (Fsp3) is 0.130. The lowest BCUT2D eigenvalue weighted by molar-refractivity contribution is -0.105. The largest absolute Gasteiger partial charge is 0.491 e. The molecule has 0 radical (unpaired) electrons. The highest BCUT2D eigenvalue weighted by atomic mass is 16.5. The predicted octanol–water partition coefficient (Wildman–Crippen LogP) is 4.62. The number of ether oxygens (including phenoxy) is 2. The molecule has 6 heteroatoms. The van der Waals surface area contributed by atoms with Crippen LogP contribution in [0.2, 0.25) is 0 Å². The number of benzene rings is 3. The quantitative estimate of drug-likeness (QED) is 0.547. The van der Waals surface area contributed by atoms with Crippen molar-refractivity contribution < 1.29 is 19.1 Å². The van der Waals surface area contributed by atoms with Crippen molar-refractivity contribution in [3.8, 4) is 17.2 Å². The zero-order valence-electron chi connectivity index (χ0n) is 16.2. The number of anilines is 1. The van der Waals surface area contributed by atoms with Gasteiger partial charge < -0.3 is 20.5 Å². The van der Waals surface area contributed by atoms with Crippen molar-refractivity contribution >= 4 is 18.0 Å². The first-order valence-corrected chi connectivity index (χ1v) is 9.18. The van der Waals surface area contributed by atoms with Crippen LogP contribution in [0.1, 0.15) is 23.7 Å². The molecule has 0 bridgehead atoms. The van der Waals surface area contributed by atoms with Crippen LogP contribution in [-0.4, -0.2) is 18.9 Å². The number of carbonyl (C=O) groups excluding carboxylic acids is 2. The van der Waals surface area contributed by atoms with E-state index in [9.17, 15) is 9.59 Å². The van der Waals surface area contributed by atoms with E-state index in [4.69, 9.17) is 15.2 Å². The zero-order valence-corrected chi connectivity index (χ0v) is 16.2. The second-order valence-corrected chi connectivity index (χ2v) is 5.91. The Morgan fingerprint density at radius 3 is 2.34 bits per heavy atom. The van der Waals surface area contributed by atoms with Crippen molar-refractivity contribution in [2.24, 2.45) is 5.73 Å². The van der Waals surface area contributed by atoms with Gasteiger partial charge >= 0.3 is 0 Å². The molecule has 0 aromatic heterocycles. The molecule has 0 atom stereocenters. The lowest BCUT2D eigenvalue weighted by atomic mass is 10.2. The van der Waals surface area contributed by atoms with Gasteiger partial charge in [-0.25, -0.2) is 0 Å². The van der Waals surface area contributed by atoms with Gasteiger partial charge in [-0.2, -0.15) is 0 Å². The summed E-state index contributed by atoms with van der Waals surface area (Å²) in [5.74, 6) is 1.58. The van der Waals surface area contributed by atoms with Gasteiger partial charge in [-0.05, 0) is 48.9 Å². The molecule has 0 saturated carbocycles. The van der Waals surface area contributed by atoms with E-state index < -0.39 is 5.91 Å². The first-order chi connectivity index (χ1) is 14.1. The Kier molecular flexibility index (Phi) is 8.76. The number of amides is 2. The summed E-state index contributed by atoms with van der Waals surface area (Å²) < 4.78 is 11.0. The van der Waals surface area contributed by atoms with Crippen LogP contribution < -0.4 is 20.5 Å². The van der Waals surface area contributed by atoms with Crippen LogP contribution in [0.5, 0.6) is 17.2 Å². The monoisotopic (exact) mass is 392 g/mol. The second kappa shape index (κ2) is 11.8. The third-order valence-electron chi connectivity index (χ3n) is 3.66. The number of primary amides is 1. The second-order valence-electron chi connectivity index (χ2n) is 5.91. The van der Waals surface area contributed by atoms with Crippen molar-refractivity contribution in [2.45, 2.75) is 13.3 Å². The number of carbonyl (C=O) groups is 2. The number of nitrogens with two attached hydrogens (primary N) is 1. The summed E-state index contributed by atoms with van der Waals surface area (Å²) in [7, 11) is 0. The average molecular weight is 392 g/mol. The molecule has 0 aliphatic carbocycles. The Bertz CT molecular complexity index is 914. The lowest BCUT2D eigenvalue weighted by Gasteiger charge is -2.08. The SMILES string of the molecule is CCCOc1ccccc1NC=O.NC(=O)c1cccc(Oc2ccccc2)c1. The summed E-state index contributed by atoms with van der Waals surface area (Å²) in [6.45, 7) is 2.70. The maximum Gasteiger partial charge on any atom is 0.248 e. The molecule has 3 rings (SSSR count). The highest BCUT2D eigenvalue weighted by Crippen LogP contribution is 2.23. The first kappa shape index (κ1) is 21.5. The van der Waals surface area contributed by atoms with E-state index >= 15 is 0 Å². The summed E-state index contributed by atoms with van der Waals surface area (Å²) in [6.07, 6.45) is 1.60. The topological polar surface area (TPSA) is 90.6 Å². The van der Waals surface area contributed by atoms with Crippen molar-refractivity contribution in [2.75, 3.05) is 11.9 Å². The zero-order chi connectivity index (χ0) is 20.9. The van der Waals surface area contributed by atoms with Gasteiger partial charge in [0.2, 0.25) is 12.3 Å². The van der Waals surface area contributed by atoms with Crippen molar-refractivity contribution in [3.05, 3.63) is 84.4 Å². The Hall–Kier alpha value is -3.80. The molecule has 0 heterocycles. The Balaban J connectivity index is 0.000000212. The third-order valence-corrected chi connectivity index (χ3v) is 3.66. The van der Waals surface area contributed by atoms with Gasteiger partial charge in [-0.3, -0.25) is 9.59 Å². The lowest BCUT2D eigenvalue weighted by Crippen LogP contribution is -2.10. The Morgan fingerprint density at radius 2 is 1.66 bits per heavy atom. The van der Waals surface area contributed by atoms with E-state index in [-0.39, 0.29) is 0 Å². The highest BCUT2D eigenvalue weighted by Gasteiger charge is 2.02. The number of hydrogen-bond acceptors (Lipinski definition) is 4. The Labute approximate surface area is 170 Å². The summed E-state index contributed by atoms with van der Waals surface area (Å²) >= 11 is 0. The fourth-order valence-corrected chi connectivity index (χ4v) is 2.32. The molecule has 0 saturated heterocycles. The van der Waals surface area contributed by atoms with E-state index in [0.717, 1.165) is 17.9 Å². The van der Waals surface area contributed by atoms with E-state index in [1.807, 2.05) is 55.5 Å². The number of nitrogens with one attached hydrogen (secondary N) is 1. The van der Waals surface area contributed by atoms with E-state index in [0.29, 0.717) is 30.0 Å². The smallest absolute Gasteiger partial charge is 0.248 e. The van der Waals surface area contributed by atoms with E-state index in [1.165, 1.54) is 0 Å². The van der Waals surface area contributed by atoms with E-state index in [2.05, 4.69) is 5.32 Å². The molecule has 150 valence electrons. The predicted molar refractivity (Wildman–Crippen MR) is 113 cm³/mol. The molecule has 0 unspecified atom stereocenters. The molecule has 0 aliphatic heterocycles. The molecule has 3 aromatic carbocycles. The average Bonchev–Trinajstić information content (AvgIpc) is 2.75. The number of hydrogen-bond donors (Lipinski definition) is 2. The van der Waals surface area contributed by atoms with E-state index in [1.54, 1.807) is 30.3 Å². The van der Waals surface area contributed by atoms with Crippen LogP contribution in [0.4, 0.5) is 5.69 Å². The van der Waals surface area contributed by atoms with Gasteiger partial charge in [0.15, 0.2) is 0 Å². The van der Waals surface area contributed by atoms with Crippen LogP contribution >= 0.6 is 0 Å². The third kappa shape index (κ3) is 7.38. The summed E-state index contributed by atoms with van der Waals surface area (Å²) in [5, 5.41) is 2.58. The van der Waals surface area contributed by atoms with Crippen LogP contribution in [-0.2, 0) is 4.79 Å². The van der Waals surface area contributed by atoms with Crippen LogP contribution in [0.3, 0.4) is 0 Å². The Morgan fingerprint density at radius 1 is 0.966 bits per heavy atom.